The summed E-state index contributed by atoms with van der Waals surface area (Å²) in [6, 6.07) is 13.6. The van der Waals surface area contributed by atoms with Crippen molar-refractivity contribution in [1.29, 1.82) is 0 Å². The Morgan fingerprint density at radius 2 is 1.62 bits per heavy atom. The van der Waals surface area contributed by atoms with E-state index in [9.17, 15) is 8.42 Å². The Morgan fingerprint density at radius 1 is 1.05 bits per heavy atom. The Bertz CT molecular complexity index is 738. The lowest BCUT2D eigenvalue weighted by molar-refractivity contribution is 0.491. The van der Waals surface area contributed by atoms with E-state index in [0.717, 1.165) is 15.5 Å². The maximum atomic E-state index is 12.3. The number of nitrogens with zero attached hydrogens (tertiary/aromatic N) is 2. The monoisotopic (exact) mass is 322 g/mol. The fourth-order valence-corrected chi connectivity index (χ4v) is 2.70. The third-order valence-electron chi connectivity index (χ3n) is 2.91. The lowest BCUT2D eigenvalue weighted by Gasteiger charge is -2.13. The molecule has 0 atom stereocenters. The van der Waals surface area contributed by atoms with E-state index in [1.165, 1.54) is 13.3 Å². The van der Waals surface area contributed by atoms with Crippen molar-refractivity contribution in [1.82, 2.24) is 4.41 Å². The van der Waals surface area contributed by atoms with Crippen molar-refractivity contribution in [2.75, 3.05) is 7.05 Å². The third kappa shape index (κ3) is 3.83. The van der Waals surface area contributed by atoms with Gasteiger partial charge in [0.25, 0.3) is 10.0 Å². The average Bonchev–Trinajstić information content (AvgIpc) is 2.46. The second kappa shape index (κ2) is 6.28. The zero-order valence-electron chi connectivity index (χ0n) is 11.7. The molecule has 0 saturated carbocycles. The van der Waals surface area contributed by atoms with Gasteiger partial charge in [0.05, 0.1) is 11.1 Å². The molecule has 0 aliphatic heterocycles. The fourth-order valence-electron chi connectivity index (χ4n) is 1.62. The van der Waals surface area contributed by atoms with Crippen molar-refractivity contribution in [2.45, 2.75) is 11.8 Å². The number of halogens is 1. The van der Waals surface area contributed by atoms with Crippen LogP contribution >= 0.6 is 11.6 Å². The van der Waals surface area contributed by atoms with Gasteiger partial charge in [-0.2, -0.15) is 17.9 Å². The molecule has 21 heavy (non-hydrogen) atoms. The van der Waals surface area contributed by atoms with E-state index in [4.69, 9.17) is 11.6 Å². The molecule has 0 amide bonds. The summed E-state index contributed by atoms with van der Waals surface area (Å²) in [7, 11) is -2.22. The van der Waals surface area contributed by atoms with Crippen LogP contribution in [-0.4, -0.2) is 26.1 Å². The van der Waals surface area contributed by atoms with Gasteiger partial charge in [0.15, 0.2) is 0 Å². The van der Waals surface area contributed by atoms with Gasteiger partial charge in [-0.25, -0.2) is 0 Å². The summed E-state index contributed by atoms with van der Waals surface area (Å²) in [5.41, 5.74) is 1.77. The summed E-state index contributed by atoms with van der Waals surface area (Å²) in [6.45, 7) is 1.90. The van der Waals surface area contributed by atoms with Crippen LogP contribution in [0.15, 0.2) is 58.5 Å². The molecule has 0 aliphatic carbocycles. The van der Waals surface area contributed by atoms with Crippen molar-refractivity contribution in [3.8, 4) is 0 Å². The normalized spacial score (nSPS) is 11.8. The predicted molar refractivity (Wildman–Crippen MR) is 85.2 cm³/mol. The minimum absolute atomic E-state index is 0.212. The average molecular weight is 323 g/mol. The number of sulfonamides is 1. The molecule has 0 saturated heterocycles. The molecule has 0 fully saturated rings. The van der Waals surface area contributed by atoms with Crippen LogP contribution in [-0.2, 0) is 10.0 Å². The van der Waals surface area contributed by atoms with Crippen molar-refractivity contribution in [2.24, 2.45) is 5.10 Å². The highest BCUT2D eigenvalue weighted by atomic mass is 35.5. The van der Waals surface area contributed by atoms with Crippen LogP contribution in [0.5, 0.6) is 0 Å². The summed E-state index contributed by atoms with van der Waals surface area (Å²) < 4.78 is 25.6. The van der Waals surface area contributed by atoms with Crippen LogP contribution in [0, 0.1) is 6.92 Å². The van der Waals surface area contributed by atoms with E-state index in [0.29, 0.717) is 5.02 Å². The van der Waals surface area contributed by atoms with Crippen LogP contribution in [0.1, 0.15) is 11.1 Å². The largest absolute Gasteiger partial charge is 0.278 e. The number of benzene rings is 2. The Hall–Kier alpha value is -1.85. The van der Waals surface area contributed by atoms with Crippen LogP contribution in [0.2, 0.25) is 5.02 Å². The topological polar surface area (TPSA) is 49.7 Å². The molecule has 2 aromatic rings. The first-order valence-corrected chi connectivity index (χ1v) is 8.06. The summed E-state index contributed by atoms with van der Waals surface area (Å²) in [6.07, 6.45) is 1.47. The van der Waals surface area contributed by atoms with Gasteiger partial charge in [0, 0.05) is 12.1 Å². The first kappa shape index (κ1) is 15.5. The maximum Gasteiger partial charge on any atom is 0.278 e. The van der Waals surface area contributed by atoms with E-state index in [2.05, 4.69) is 5.10 Å². The molecule has 110 valence electrons. The van der Waals surface area contributed by atoms with E-state index < -0.39 is 10.0 Å². The lowest BCUT2D eigenvalue weighted by atomic mass is 10.2. The van der Waals surface area contributed by atoms with Crippen molar-refractivity contribution in [3.05, 3.63) is 64.7 Å². The second-order valence-electron chi connectivity index (χ2n) is 4.55. The molecule has 4 nitrogen and oxygen atoms in total. The zero-order valence-corrected chi connectivity index (χ0v) is 13.3. The third-order valence-corrected chi connectivity index (χ3v) is 4.82. The SMILES string of the molecule is Cc1ccc(S(=O)(=O)N(C)/N=C/c2ccc(Cl)cc2)cc1. The van der Waals surface area contributed by atoms with Gasteiger partial charge >= 0.3 is 0 Å². The Kier molecular flexibility index (Phi) is 4.65. The first-order valence-electron chi connectivity index (χ1n) is 6.25. The molecule has 0 aromatic heterocycles. The molecule has 2 rings (SSSR count). The number of aryl methyl sites for hydroxylation is 1. The second-order valence-corrected chi connectivity index (χ2v) is 6.93. The molecule has 0 N–H and O–H groups in total. The molecule has 0 radical (unpaired) electrons. The van der Waals surface area contributed by atoms with Gasteiger partial charge < -0.3 is 0 Å². The van der Waals surface area contributed by atoms with Gasteiger partial charge in [0.2, 0.25) is 0 Å². The molecule has 0 heterocycles. The molecule has 6 heteroatoms. The minimum atomic E-state index is -3.62. The van der Waals surface area contributed by atoms with E-state index in [1.807, 2.05) is 6.92 Å². The molecular formula is C15H15ClN2O2S. The van der Waals surface area contributed by atoms with Crippen molar-refractivity contribution in [3.63, 3.8) is 0 Å². The lowest BCUT2D eigenvalue weighted by Crippen LogP contribution is -2.21. The highest BCUT2D eigenvalue weighted by Gasteiger charge is 2.18. The van der Waals surface area contributed by atoms with Gasteiger partial charge in [-0.1, -0.05) is 41.4 Å². The van der Waals surface area contributed by atoms with Gasteiger partial charge in [-0.3, -0.25) is 0 Å². The molecule has 0 bridgehead atoms. The summed E-state index contributed by atoms with van der Waals surface area (Å²) in [5, 5.41) is 4.59. The molecule has 2 aromatic carbocycles. The maximum absolute atomic E-state index is 12.3. The van der Waals surface area contributed by atoms with E-state index >= 15 is 0 Å². The van der Waals surface area contributed by atoms with Crippen molar-refractivity contribution < 1.29 is 8.42 Å². The van der Waals surface area contributed by atoms with Gasteiger partial charge in [-0.15, -0.1) is 0 Å². The van der Waals surface area contributed by atoms with Crippen LogP contribution in [0.4, 0.5) is 0 Å². The minimum Gasteiger partial charge on any atom is -0.200 e. The highest BCUT2D eigenvalue weighted by Crippen LogP contribution is 2.15. The summed E-state index contributed by atoms with van der Waals surface area (Å²) in [4.78, 5) is 0.212. The summed E-state index contributed by atoms with van der Waals surface area (Å²) >= 11 is 5.79. The molecule has 0 spiro atoms. The van der Waals surface area contributed by atoms with Crippen LogP contribution in [0.25, 0.3) is 0 Å². The van der Waals surface area contributed by atoms with Crippen molar-refractivity contribution >= 4 is 27.8 Å². The number of hydrazone groups is 1. The zero-order chi connectivity index (χ0) is 15.5. The van der Waals surface area contributed by atoms with Crippen LogP contribution in [0.3, 0.4) is 0 Å². The van der Waals surface area contributed by atoms with Gasteiger partial charge in [0.1, 0.15) is 0 Å². The smallest absolute Gasteiger partial charge is 0.200 e. The van der Waals surface area contributed by atoms with E-state index in [1.54, 1.807) is 48.5 Å². The number of hydrogen-bond acceptors (Lipinski definition) is 3. The number of rotatable bonds is 4. The van der Waals surface area contributed by atoms with Crippen LogP contribution < -0.4 is 0 Å². The number of hydrogen-bond donors (Lipinski definition) is 0. The quantitative estimate of drug-likeness (QED) is 0.640. The van der Waals surface area contributed by atoms with E-state index in [-0.39, 0.29) is 4.90 Å². The molecule has 0 unspecified atom stereocenters. The summed E-state index contributed by atoms with van der Waals surface area (Å²) in [5.74, 6) is 0. The Balaban J connectivity index is 2.20. The molecular weight excluding hydrogens is 308 g/mol. The van der Waals surface area contributed by atoms with Gasteiger partial charge in [-0.05, 0) is 36.8 Å². The predicted octanol–water partition coefficient (Wildman–Crippen LogP) is 3.30. The highest BCUT2D eigenvalue weighted by molar-refractivity contribution is 7.89. The molecule has 0 aliphatic rings. The standard InChI is InChI=1S/C15H15ClN2O2S/c1-12-3-9-15(10-4-12)21(19,20)18(2)17-11-13-5-7-14(16)8-6-13/h3-11H,1-2H3/b17-11+. The Labute approximate surface area is 129 Å². The first-order chi connectivity index (χ1) is 9.89. The fraction of sp³-hybridized carbons (Fsp3) is 0.133. The Morgan fingerprint density at radius 3 is 2.19 bits per heavy atom.